The van der Waals surface area contributed by atoms with Crippen molar-refractivity contribution in [1.29, 1.82) is 0 Å². The fourth-order valence-corrected chi connectivity index (χ4v) is 2.46. The summed E-state index contributed by atoms with van der Waals surface area (Å²) in [5.74, 6) is -0.871. The number of hydrogen-bond donors (Lipinski definition) is 1. The lowest BCUT2D eigenvalue weighted by Gasteiger charge is -2.37. The molecule has 18 heavy (non-hydrogen) atoms. The minimum absolute atomic E-state index is 0.0143. The van der Waals surface area contributed by atoms with E-state index < -0.39 is 12.0 Å². The summed E-state index contributed by atoms with van der Waals surface area (Å²) in [6.45, 7) is 2.51. The molecule has 0 aromatic heterocycles. The highest BCUT2D eigenvalue weighted by Crippen LogP contribution is 2.27. The summed E-state index contributed by atoms with van der Waals surface area (Å²) in [5.41, 5.74) is 1.08. The summed E-state index contributed by atoms with van der Waals surface area (Å²) >= 11 is 0. The Balaban J connectivity index is 2.20. The average Bonchev–Trinajstić information content (AvgIpc) is 2.39. The van der Waals surface area contributed by atoms with Gasteiger partial charge in [0, 0.05) is 25.4 Å². The van der Waals surface area contributed by atoms with E-state index in [1.54, 1.807) is 0 Å². The van der Waals surface area contributed by atoms with Crippen LogP contribution < -0.4 is 0 Å². The lowest BCUT2D eigenvalue weighted by Crippen LogP contribution is -2.48. The van der Waals surface area contributed by atoms with E-state index in [0.29, 0.717) is 13.0 Å². The number of carbonyl (C=O) groups is 2. The highest BCUT2D eigenvalue weighted by molar-refractivity contribution is 5.87. The molecular formula is C14H17NO3. The summed E-state index contributed by atoms with van der Waals surface area (Å²) in [6, 6.07) is 9.11. The second-order valence-electron chi connectivity index (χ2n) is 4.67. The molecule has 1 aromatic carbocycles. The van der Waals surface area contributed by atoms with E-state index in [-0.39, 0.29) is 18.2 Å². The zero-order valence-electron chi connectivity index (χ0n) is 10.4. The second kappa shape index (κ2) is 5.31. The molecule has 0 aliphatic carbocycles. The maximum absolute atomic E-state index is 11.4. The highest BCUT2D eigenvalue weighted by Gasteiger charge is 2.35. The van der Waals surface area contributed by atoms with E-state index in [1.807, 2.05) is 42.2 Å². The summed E-state index contributed by atoms with van der Waals surface area (Å²) in [4.78, 5) is 24.5. The molecule has 1 aliphatic rings. The third-order valence-corrected chi connectivity index (χ3v) is 3.53. The van der Waals surface area contributed by atoms with Crippen LogP contribution in [0.15, 0.2) is 30.3 Å². The maximum Gasteiger partial charge on any atom is 0.321 e. The van der Waals surface area contributed by atoms with Gasteiger partial charge in [-0.25, -0.2) is 0 Å². The number of piperidine rings is 1. The van der Waals surface area contributed by atoms with Crippen LogP contribution in [-0.4, -0.2) is 34.3 Å². The van der Waals surface area contributed by atoms with Gasteiger partial charge in [-0.1, -0.05) is 30.3 Å². The standard InChI is InChI=1S/C14H17NO3/c1-10(11-5-3-2-4-6-11)15-8-7-12(16)9-13(15)14(17)18/h2-6,10,13H,7-9H2,1H3,(H,17,18). The monoisotopic (exact) mass is 247 g/mol. The van der Waals surface area contributed by atoms with Crippen molar-refractivity contribution < 1.29 is 14.7 Å². The fraction of sp³-hybridized carbons (Fsp3) is 0.429. The molecule has 4 heteroatoms. The van der Waals surface area contributed by atoms with Crippen LogP contribution in [0.5, 0.6) is 0 Å². The smallest absolute Gasteiger partial charge is 0.321 e. The molecule has 2 unspecified atom stereocenters. The average molecular weight is 247 g/mol. The minimum atomic E-state index is -0.911. The van der Waals surface area contributed by atoms with Gasteiger partial charge in [-0.15, -0.1) is 0 Å². The van der Waals surface area contributed by atoms with Crippen molar-refractivity contribution in [3.63, 3.8) is 0 Å². The van der Waals surface area contributed by atoms with Crippen LogP contribution in [0.2, 0.25) is 0 Å². The van der Waals surface area contributed by atoms with Crippen molar-refractivity contribution in [2.24, 2.45) is 0 Å². The summed E-state index contributed by atoms with van der Waals surface area (Å²) in [5, 5.41) is 9.23. The lowest BCUT2D eigenvalue weighted by atomic mass is 9.96. The van der Waals surface area contributed by atoms with E-state index in [4.69, 9.17) is 0 Å². The molecule has 0 saturated carbocycles. The van der Waals surface area contributed by atoms with Gasteiger partial charge in [0.15, 0.2) is 0 Å². The van der Waals surface area contributed by atoms with Crippen LogP contribution >= 0.6 is 0 Å². The quantitative estimate of drug-likeness (QED) is 0.885. The predicted molar refractivity (Wildman–Crippen MR) is 67.2 cm³/mol. The zero-order chi connectivity index (χ0) is 13.1. The molecule has 0 radical (unpaired) electrons. The molecule has 1 heterocycles. The molecule has 1 saturated heterocycles. The Morgan fingerprint density at radius 1 is 1.39 bits per heavy atom. The maximum atomic E-state index is 11.4. The number of aliphatic carboxylic acids is 1. The Labute approximate surface area is 106 Å². The molecule has 2 atom stereocenters. The Hall–Kier alpha value is -1.68. The van der Waals surface area contributed by atoms with Gasteiger partial charge in [0.1, 0.15) is 11.8 Å². The zero-order valence-corrected chi connectivity index (χ0v) is 10.4. The van der Waals surface area contributed by atoms with Crippen LogP contribution in [0.4, 0.5) is 0 Å². The molecular weight excluding hydrogens is 230 g/mol. The van der Waals surface area contributed by atoms with Gasteiger partial charge >= 0.3 is 5.97 Å². The molecule has 1 fully saturated rings. The van der Waals surface area contributed by atoms with E-state index in [0.717, 1.165) is 5.56 Å². The number of Topliss-reactive ketones (excluding diaryl/α,β-unsaturated/α-hetero) is 1. The normalized spacial score (nSPS) is 22.7. The highest BCUT2D eigenvalue weighted by atomic mass is 16.4. The number of likely N-dealkylation sites (tertiary alicyclic amines) is 1. The SMILES string of the molecule is CC(c1ccccc1)N1CCC(=O)CC1C(=O)O. The Morgan fingerprint density at radius 3 is 2.67 bits per heavy atom. The number of carbonyl (C=O) groups excluding carboxylic acids is 1. The number of ketones is 1. The first-order valence-electron chi connectivity index (χ1n) is 6.15. The van der Waals surface area contributed by atoms with E-state index >= 15 is 0 Å². The van der Waals surface area contributed by atoms with Gasteiger partial charge in [0.05, 0.1) is 0 Å². The van der Waals surface area contributed by atoms with Gasteiger partial charge in [0.2, 0.25) is 0 Å². The molecule has 2 rings (SSSR count). The van der Waals surface area contributed by atoms with Crippen molar-refractivity contribution in [3.8, 4) is 0 Å². The number of carboxylic acid groups (broad SMARTS) is 1. The van der Waals surface area contributed by atoms with Crippen LogP contribution in [0, 0.1) is 0 Å². The van der Waals surface area contributed by atoms with Crippen molar-refractivity contribution in [3.05, 3.63) is 35.9 Å². The van der Waals surface area contributed by atoms with Crippen LogP contribution in [-0.2, 0) is 9.59 Å². The topological polar surface area (TPSA) is 57.6 Å². The molecule has 1 N–H and O–H groups in total. The van der Waals surface area contributed by atoms with Gasteiger partial charge in [-0.05, 0) is 12.5 Å². The number of rotatable bonds is 3. The lowest BCUT2D eigenvalue weighted by molar-refractivity contribution is -0.148. The molecule has 0 amide bonds. The van der Waals surface area contributed by atoms with E-state index in [1.165, 1.54) is 0 Å². The first-order valence-corrected chi connectivity index (χ1v) is 6.15. The third kappa shape index (κ3) is 2.59. The number of nitrogens with zero attached hydrogens (tertiary/aromatic N) is 1. The van der Waals surface area contributed by atoms with Gasteiger partial charge in [0.25, 0.3) is 0 Å². The molecule has 4 nitrogen and oxygen atoms in total. The first kappa shape index (κ1) is 12.8. The fourth-order valence-electron chi connectivity index (χ4n) is 2.46. The Kier molecular flexibility index (Phi) is 3.77. The van der Waals surface area contributed by atoms with E-state index in [2.05, 4.69) is 0 Å². The van der Waals surface area contributed by atoms with Crippen LogP contribution in [0.25, 0.3) is 0 Å². The van der Waals surface area contributed by atoms with Crippen molar-refractivity contribution in [1.82, 2.24) is 4.90 Å². The number of carboxylic acids is 1. The predicted octanol–water partition coefficient (Wildman–Crippen LogP) is 1.87. The molecule has 96 valence electrons. The molecule has 1 aromatic rings. The Morgan fingerprint density at radius 2 is 2.06 bits per heavy atom. The van der Waals surface area contributed by atoms with Crippen LogP contribution in [0.1, 0.15) is 31.4 Å². The minimum Gasteiger partial charge on any atom is -0.480 e. The van der Waals surface area contributed by atoms with Gasteiger partial charge < -0.3 is 5.11 Å². The van der Waals surface area contributed by atoms with Crippen molar-refractivity contribution in [2.75, 3.05) is 6.54 Å². The second-order valence-corrected chi connectivity index (χ2v) is 4.67. The van der Waals surface area contributed by atoms with Gasteiger partial charge in [-0.3, -0.25) is 14.5 Å². The molecule has 0 bridgehead atoms. The Bertz CT molecular complexity index is 444. The van der Waals surface area contributed by atoms with Crippen molar-refractivity contribution in [2.45, 2.75) is 31.8 Å². The summed E-state index contributed by atoms with van der Waals surface area (Å²) in [7, 11) is 0. The summed E-state index contributed by atoms with van der Waals surface area (Å²) in [6.07, 6.45) is 0.563. The largest absolute Gasteiger partial charge is 0.480 e. The molecule has 0 spiro atoms. The van der Waals surface area contributed by atoms with Gasteiger partial charge in [-0.2, -0.15) is 0 Å². The van der Waals surface area contributed by atoms with Crippen molar-refractivity contribution >= 4 is 11.8 Å². The molecule has 1 aliphatic heterocycles. The summed E-state index contributed by atoms with van der Waals surface area (Å²) < 4.78 is 0. The first-order chi connectivity index (χ1) is 8.59. The van der Waals surface area contributed by atoms with E-state index in [9.17, 15) is 14.7 Å². The number of hydrogen-bond acceptors (Lipinski definition) is 3. The number of benzene rings is 1. The van der Waals surface area contributed by atoms with Crippen LogP contribution in [0.3, 0.4) is 0 Å². The third-order valence-electron chi connectivity index (χ3n) is 3.53.